The molecule has 8 heteroatoms. The van der Waals surface area contributed by atoms with E-state index in [2.05, 4.69) is 23.2 Å². The summed E-state index contributed by atoms with van der Waals surface area (Å²) in [6.07, 6.45) is 0. The van der Waals surface area contributed by atoms with Gasteiger partial charge in [-0.3, -0.25) is 0 Å². The highest BCUT2D eigenvalue weighted by Gasteiger charge is 2.66. The van der Waals surface area contributed by atoms with Crippen molar-refractivity contribution in [3.63, 3.8) is 0 Å². The summed E-state index contributed by atoms with van der Waals surface area (Å²) >= 11 is 12.4. The Balaban J connectivity index is 4.75. The second kappa shape index (κ2) is 3.20. The van der Waals surface area contributed by atoms with Crippen molar-refractivity contribution in [2.24, 2.45) is 0 Å². The van der Waals surface area contributed by atoms with Crippen molar-refractivity contribution < 1.29 is 17.6 Å². The van der Waals surface area contributed by atoms with Crippen LogP contribution in [0.1, 0.15) is 0 Å². The lowest BCUT2D eigenvalue weighted by atomic mass is 10.4. The van der Waals surface area contributed by atoms with E-state index >= 15 is 0 Å². The molecule has 0 amide bonds. The van der Waals surface area contributed by atoms with Gasteiger partial charge >= 0.3 is 14.0 Å². The molecule has 0 saturated carbocycles. The zero-order valence-electron chi connectivity index (χ0n) is 4.52. The van der Waals surface area contributed by atoms with Gasteiger partial charge in [-0.2, -0.15) is 8.78 Å². The molecule has 2 unspecified atom stereocenters. The standard InChI is InChI=1S/C3Br2Cl2F4/c4-2(6,10)1(8,9)3(5,7)11. The van der Waals surface area contributed by atoms with Gasteiger partial charge in [0.1, 0.15) is 0 Å². The van der Waals surface area contributed by atoms with Crippen LogP contribution in [0.4, 0.5) is 17.6 Å². The SMILES string of the molecule is FC(Cl)(Br)C(F)(F)C(F)(Cl)Br. The minimum absolute atomic E-state index is 1.73. The maximum absolute atomic E-state index is 12.3. The number of alkyl halides is 8. The predicted molar refractivity (Wildman–Crippen MR) is 42.2 cm³/mol. The number of halogens is 8. The fraction of sp³-hybridized carbons (Fsp3) is 1.00. The first kappa shape index (κ1) is 12.3. The van der Waals surface area contributed by atoms with E-state index in [4.69, 9.17) is 0 Å². The summed E-state index contributed by atoms with van der Waals surface area (Å²) in [7, 11) is 0. The van der Waals surface area contributed by atoms with Crippen LogP contribution in [-0.2, 0) is 0 Å². The maximum atomic E-state index is 12.3. The minimum atomic E-state index is -4.59. The van der Waals surface area contributed by atoms with E-state index in [9.17, 15) is 17.6 Å². The van der Waals surface area contributed by atoms with Crippen molar-refractivity contribution in [3.05, 3.63) is 0 Å². The highest BCUT2D eigenvalue weighted by molar-refractivity contribution is 9.11. The van der Waals surface area contributed by atoms with Gasteiger partial charge in [-0.15, -0.1) is 0 Å². The van der Waals surface area contributed by atoms with Gasteiger partial charge < -0.3 is 0 Å². The van der Waals surface area contributed by atoms with E-state index in [1.807, 2.05) is 0 Å². The Morgan fingerprint density at radius 3 is 1.00 bits per heavy atom. The Hall–Kier alpha value is 1.26. The predicted octanol–water partition coefficient (Wildman–Crippen LogP) is 4.14. The quantitative estimate of drug-likeness (QED) is 0.523. The Morgan fingerprint density at radius 1 is 0.818 bits per heavy atom. The average Bonchev–Trinajstić information content (AvgIpc) is 1.58. The van der Waals surface area contributed by atoms with Gasteiger partial charge in [0.2, 0.25) is 0 Å². The fourth-order valence-corrected chi connectivity index (χ4v) is 1.51. The van der Waals surface area contributed by atoms with Crippen molar-refractivity contribution >= 4 is 55.1 Å². The molecule has 68 valence electrons. The van der Waals surface area contributed by atoms with Gasteiger partial charge in [-0.25, -0.2) is 8.78 Å². The summed E-state index contributed by atoms with van der Waals surface area (Å²) in [5.74, 6) is -4.59. The van der Waals surface area contributed by atoms with Crippen molar-refractivity contribution in [3.8, 4) is 0 Å². The molecular formula is C3Br2Cl2F4. The summed E-state index contributed by atoms with van der Waals surface area (Å²) in [5.41, 5.74) is 0. The minimum Gasteiger partial charge on any atom is -0.206 e. The first-order valence-electron chi connectivity index (χ1n) is 2.01. The summed E-state index contributed by atoms with van der Waals surface area (Å²) in [6, 6.07) is 0. The Morgan fingerprint density at radius 2 is 1.00 bits per heavy atom. The van der Waals surface area contributed by atoms with Crippen LogP contribution in [0.25, 0.3) is 0 Å². The van der Waals surface area contributed by atoms with E-state index in [0.717, 1.165) is 0 Å². The molecule has 11 heavy (non-hydrogen) atoms. The highest BCUT2D eigenvalue weighted by Crippen LogP contribution is 2.53. The molecule has 0 aromatic heterocycles. The number of rotatable bonds is 2. The molecule has 0 aliphatic rings. The summed E-state index contributed by atoms with van der Waals surface area (Å²) in [6.45, 7) is 0. The third kappa shape index (κ3) is 2.60. The molecule has 0 heterocycles. The molecule has 0 fully saturated rings. The van der Waals surface area contributed by atoms with Crippen molar-refractivity contribution in [2.75, 3.05) is 0 Å². The van der Waals surface area contributed by atoms with Gasteiger partial charge in [0, 0.05) is 0 Å². The summed E-state index contributed by atoms with van der Waals surface area (Å²) in [4.78, 5) is 0. The normalized spacial score (nSPS) is 24.0. The first-order valence-corrected chi connectivity index (χ1v) is 4.35. The van der Waals surface area contributed by atoms with Crippen LogP contribution in [-0.4, -0.2) is 14.0 Å². The molecule has 0 N–H and O–H groups in total. The van der Waals surface area contributed by atoms with Crippen molar-refractivity contribution in [2.45, 2.75) is 14.0 Å². The zero-order valence-corrected chi connectivity index (χ0v) is 9.21. The molecule has 0 rings (SSSR count). The lowest BCUT2D eigenvalue weighted by Crippen LogP contribution is -2.46. The van der Waals surface area contributed by atoms with Crippen LogP contribution in [0.5, 0.6) is 0 Å². The average molecular weight is 343 g/mol. The van der Waals surface area contributed by atoms with E-state index in [1.165, 1.54) is 0 Å². The molecular weight excluding hydrogens is 343 g/mol. The largest absolute Gasteiger partial charge is 0.362 e. The van der Waals surface area contributed by atoms with E-state index in [0.29, 0.717) is 0 Å². The highest BCUT2D eigenvalue weighted by atomic mass is 79.9. The van der Waals surface area contributed by atoms with Crippen LogP contribution in [0, 0.1) is 0 Å². The van der Waals surface area contributed by atoms with Crippen molar-refractivity contribution in [1.82, 2.24) is 0 Å². The molecule has 0 spiro atoms. The van der Waals surface area contributed by atoms with E-state index in [1.54, 1.807) is 31.9 Å². The van der Waals surface area contributed by atoms with Crippen molar-refractivity contribution in [1.29, 1.82) is 0 Å². The topological polar surface area (TPSA) is 0 Å². The van der Waals surface area contributed by atoms with Crippen LogP contribution in [0.3, 0.4) is 0 Å². The summed E-state index contributed by atoms with van der Waals surface area (Å²) in [5, 5.41) is 0. The van der Waals surface area contributed by atoms with Crippen LogP contribution in [0.15, 0.2) is 0 Å². The Bertz CT molecular complexity index is 132. The molecule has 0 saturated heterocycles. The molecule has 0 aliphatic heterocycles. The van der Waals surface area contributed by atoms with E-state index in [-0.39, 0.29) is 0 Å². The Labute approximate surface area is 86.5 Å². The summed E-state index contributed by atoms with van der Waals surface area (Å²) < 4.78 is 41.7. The first-order chi connectivity index (χ1) is 4.50. The van der Waals surface area contributed by atoms with Gasteiger partial charge in [0.15, 0.2) is 0 Å². The second-order valence-corrected chi connectivity index (χ2v) is 5.71. The smallest absolute Gasteiger partial charge is 0.206 e. The van der Waals surface area contributed by atoms with Gasteiger partial charge in [-0.05, 0) is 31.9 Å². The zero-order chi connectivity index (χ0) is 9.50. The number of hydrogen-bond donors (Lipinski definition) is 0. The van der Waals surface area contributed by atoms with Gasteiger partial charge in [0.05, 0.1) is 0 Å². The maximum Gasteiger partial charge on any atom is 0.362 e. The van der Waals surface area contributed by atoms with Crippen LogP contribution in [0.2, 0.25) is 0 Å². The molecule has 0 aromatic carbocycles. The molecule has 0 aliphatic carbocycles. The molecule has 0 aromatic rings. The van der Waals surface area contributed by atoms with Gasteiger partial charge in [0.25, 0.3) is 0 Å². The van der Waals surface area contributed by atoms with Crippen LogP contribution >= 0.6 is 55.1 Å². The molecule has 0 radical (unpaired) electrons. The Kier molecular flexibility index (Phi) is 3.56. The number of hydrogen-bond acceptors (Lipinski definition) is 0. The molecule has 2 atom stereocenters. The third-order valence-corrected chi connectivity index (χ3v) is 2.18. The second-order valence-electron chi connectivity index (χ2n) is 1.57. The molecule has 0 bridgehead atoms. The van der Waals surface area contributed by atoms with Gasteiger partial charge in [-0.1, -0.05) is 23.2 Å². The molecule has 0 nitrogen and oxygen atoms in total. The fourth-order valence-electron chi connectivity index (χ4n) is 0.161. The third-order valence-electron chi connectivity index (χ3n) is 0.712. The van der Waals surface area contributed by atoms with E-state index < -0.39 is 14.0 Å². The lowest BCUT2D eigenvalue weighted by molar-refractivity contribution is -0.0945. The monoisotopic (exact) mass is 340 g/mol. The van der Waals surface area contributed by atoms with Crippen LogP contribution < -0.4 is 0 Å². The lowest BCUT2D eigenvalue weighted by Gasteiger charge is -2.27.